The Hall–Kier alpha value is -1.01. The van der Waals surface area contributed by atoms with Crippen LogP contribution in [0.3, 0.4) is 0 Å². The topological polar surface area (TPSA) is 64.1 Å². The number of aromatic nitrogens is 2. The maximum atomic E-state index is 11.8. The summed E-state index contributed by atoms with van der Waals surface area (Å²) in [6, 6.07) is 0. The Morgan fingerprint density at radius 2 is 2.11 bits per heavy atom. The van der Waals surface area contributed by atoms with Crippen molar-refractivity contribution in [2.75, 3.05) is 19.8 Å². The predicted octanol–water partition coefficient (Wildman–Crippen LogP) is 2.04. The third kappa shape index (κ3) is 5.10. The highest BCUT2D eigenvalue weighted by molar-refractivity contribution is 7.08. The number of ether oxygens (including phenoxy) is 1. The van der Waals surface area contributed by atoms with Crippen LogP contribution in [0.2, 0.25) is 0 Å². The lowest BCUT2D eigenvalue weighted by molar-refractivity contribution is 0.0943. The molecule has 1 aromatic rings. The predicted molar refractivity (Wildman–Crippen MR) is 72.0 cm³/mol. The molecule has 0 aliphatic heterocycles. The van der Waals surface area contributed by atoms with Crippen LogP contribution in [0.15, 0.2) is 0 Å². The van der Waals surface area contributed by atoms with Crippen LogP contribution >= 0.6 is 11.5 Å². The van der Waals surface area contributed by atoms with Gasteiger partial charge in [0.15, 0.2) is 0 Å². The first kappa shape index (κ1) is 15.0. The quantitative estimate of drug-likeness (QED) is 0.698. The van der Waals surface area contributed by atoms with Crippen molar-refractivity contribution < 1.29 is 9.53 Å². The van der Waals surface area contributed by atoms with Crippen molar-refractivity contribution in [3.05, 3.63) is 10.6 Å². The van der Waals surface area contributed by atoms with Crippen LogP contribution in [-0.4, -0.2) is 35.3 Å². The summed E-state index contributed by atoms with van der Waals surface area (Å²) in [7, 11) is 0. The van der Waals surface area contributed by atoms with E-state index in [0.29, 0.717) is 18.0 Å². The Balaban J connectivity index is 2.14. The summed E-state index contributed by atoms with van der Waals surface area (Å²) < 4.78 is 9.22. The second kappa shape index (κ2) is 8.99. The number of hydrogen-bond donors (Lipinski definition) is 1. The zero-order valence-corrected chi connectivity index (χ0v) is 11.9. The zero-order valence-electron chi connectivity index (χ0n) is 11.1. The van der Waals surface area contributed by atoms with Crippen molar-refractivity contribution in [1.29, 1.82) is 0 Å². The molecule has 18 heavy (non-hydrogen) atoms. The van der Waals surface area contributed by atoms with E-state index in [2.05, 4.69) is 21.8 Å². The summed E-state index contributed by atoms with van der Waals surface area (Å²) in [5.41, 5.74) is 0.775. The third-order valence-corrected chi connectivity index (χ3v) is 3.26. The Labute approximate surface area is 112 Å². The second-order valence-corrected chi connectivity index (χ2v) is 4.73. The lowest BCUT2D eigenvalue weighted by Gasteiger charge is -2.05. The third-order valence-electron chi connectivity index (χ3n) is 2.49. The van der Waals surface area contributed by atoms with Crippen molar-refractivity contribution in [3.8, 4) is 0 Å². The molecule has 1 N–H and O–H groups in total. The highest BCUT2D eigenvalue weighted by Crippen LogP contribution is 2.10. The van der Waals surface area contributed by atoms with Gasteiger partial charge in [-0.1, -0.05) is 24.8 Å². The molecule has 6 heteroatoms. The van der Waals surface area contributed by atoms with Gasteiger partial charge in [-0.15, -0.1) is 5.10 Å². The first-order valence-electron chi connectivity index (χ1n) is 6.46. The number of amides is 1. The first-order valence-corrected chi connectivity index (χ1v) is 7.24. The molecular weight excluding hydrogens is 250 g/mol. The number of nitrogens with zero attached hydrogens (tertiary/aromatic N) is 2. The van der Waals surface area contributed by atoms with Crippen LogP contribution in [0.25, 0.3) is 0 Å². The molecule has 0 fully saturated rings. The molecule has 0 saturated carbocycles. The van der Waals surface area contributed by atoms with Crippen LogP contribution in [0.4, 0.5) is 0 Å². The molecule has 5 nitrogen and oxygen atoms in total. The SMILES string of the molecule is CCCCOCCCNC(=O)c1snnc1CC. The maximum absolute atomic E-state index is 11.8. The molecule has 0 radical (unpaired) electrons. The van der Waals surface area contributed by atoms with Gasteiger partial charge < -0.3 is 10.1 Å². The molecule has 1 heterocycles. The summed E-state index contributed by atoms with van der Waals surface area (Å²) in [5.74, 6) is -0.0737. The normalized spacial score (nSPS) is 10.6. The van der Waals surface area contributed by atoms with Gasteiger partial charge in [0.2, 0.25) is 0 Å². The molecule has 1 amide bonds. The minimum atomic E-state index is -0.0737. The molecule has 0 bridgehead atoms. The van der Waals surface area contributed by atoms with E-state index in [1.807, 2.05) is 6.92 Å². The molecule has 102 valence electrons. The first-order chi connectivity index (χ1) is 8.79. The fourth-order valence-corrected chi connectivity index (χ4v) is 2.08. The smallest absolute Gasteiger partial charge is 0.264 e. The van der Waals surface area contributed by atoms with E-state index in [0.717, 1.165) is 49.5 Å². The fourth-order valence-electron chi connectivity index (χ4n) is 1.42. The van der Waals surface area contributed by atoms with Gasteiger partial charge in [-0.25, -0.2) is 0 Å². The van der Waals surface area contributed by atoms with E-state index in [9.17, 15) is 4.79 Å². The number of hydrogen-bond acceptors (Lipinski definition) is 5. The van der Waals surface area contributed by atoms with Crippen molar-refractivity contribution in [2.24, 2.45) is 0 Å². The van der Waals surface area contributed by atoms with Gasteiger partial charge in [-0.05, 0) is 30.8 Å². The minimum Gasteiger partial charge on any atom is -0.381 e. The van der Waals surface area contributed by atoms with Crippen molar-refractivity contribution in [1.82, 2.24) is 14.9 Å². The molecule has 1 aromatic heterocycles. The molecule has 0 aromatic carbocycles. The molecular formula is C12H21N3O2S. The monoisotopic (exact) mass is 271 g/mol. The summed E-state index contributed by atoms with van der Waals surface area (Å²) in [5, 5.41) is 6.78. The Kier molecular flexibility index (Phi) is 7.52. The van der Waals surface area contributed by atoms with E-state index in [1.165, 1.54) is 0 Å². The van der Waals surface area contributed by atoms with Crippen LogP contribution < -0.4 is 5.32 Å². The van der Waals surface area contributed by atoms with E-state index < -0.39 is 0 Å². The lowest BCUT2D eigenvalue weighted by atomic mass is 10.3. The summed E-state index contributed by atoms with van der Waals surface area (Å²) in [6.07, 6.45) is 3.82. The Morgan fingerprint density at radius 3 is 2.83 bits per heavy atom. The summed E-state index contributed by atoms with van der Waals surface area (Å²) >= 11 is 1.15. The largest absolute Gasteiger partial charge is 0.381 e. The number of unbranched alkanes of at least 4 members (excludes halogenated alkanes) is 1. The highest BCUT2D eigenvalue weighted by atomic mass is 32.1. The molecule has 0 aliphatic carbocycles. The van der Waals surface area contributed by atoms with Gasteiger partial charge in [0.05, 0.1) is 5.69 Å². The van der Waals surface area contributed by atoms with Gasteiger partial charge >= 0.3 is 0 Å². The van der Waals surface area contributed by atoms with E-state index in [4.69, 9.17) is 4.74 Å². The average molecular weight is 271 g/mol. The summed E-state index contributed by atoms with van der Waals surface area (Å²) in [6.45, 7) is 6.24. The molecule has 0 aliphatic rings. The standard InChI is InChI=1S/C12H21N3O2S/c1-3-5-8-17-9-6-7-13-12(16)11-10(4-2)14-15-18-11/h3-9H2,1-2H3,(H,13,16). The number of carbonyl (C=O) groups excluding carboxylic acids is 1. The Bertz CT molecular complexity index is 355. The van der Waals surface area contributed by atoms with E-state index in [1.54, 1.807) is 0 Å². The number of carbonyl (C=O) groups is 1. The van der Waals surface area contributed by atoms with Gasteiger partial charge in [0.1, 0.15) is 4.88 Å². The number of rotatable bonds is 9. The average Bonchev–Trinajstić information content (AvgIpc) is 2.85. The minimum absolute atomic E-state index is 0.0737. The lowest BCUT2D eigenvalue weighted by Crippen LogP contribution is -2.25. The molecule has 0 atom stereocenters. The van der Waals surface area contributed by atoms with Crippen molar-refractivity contribution >= 4 is 17.4 Å². The molecule has 0 unspecified atom stereocenters. The van der Waals surface area contributed by atoms with Gasteiger partial charge in [0, 0.05) is 19.8 Å². The van der Waals surface area contributed by atoms with E-state index >= 15 is 0 Å². The van der Waals surface area contributed by atoms with Crippen molar-refractivity contribution in [3.63, 3.8) is 0 Å². The summed E-state index contributed by atoms with van der Waals surface area (Å²) in [4.78, 5) is 12.4. The van der Waals surface area contributed by atoms with Crippen LogP contribution in [0.1, 0.15) is 48.5 Å². The van der Waals surface area contributed by atoms with E-state index in [-0.39, 0.29) is 5.91 Å². The number of nitrogens with one attached hydrogen (secondary N) is 1. The van der Waals surface area contributed by atoms with Crippen molar-refractivity contribution in [2.45, 2.75) is 39.5 Å². The van der Waals surface area contributed by atoms with Crippen LogP contribution in [-0.2, 0) is 11.2 Å². The highest BCUT2D eigenvalue weighted by Gasteiger charge is 2.13. The Morgan fingerprint density at radius 1 is 1.33 bits per heavy atom. The maximum Gasteiger partial charge on any atom is 0.264 e. The van der Waals surface area contributed by atoms with Crippen LogP contribution in [0.5, 0.6) is 0 Å². The van der Waals surface area contributed by atoms with Gasteiger partial charge in [0.25, 0.3) is 5.91 Å². The van der Waals surface area contributed by atoms with Gasteiger partial charge in [-0.3, -0.25) is 4.79 Å². The molecule has 1 rings (SSSR count). The molecule has 0 saturated heterocycles. The number of aryl methyl sites for hydroxylation is 1. The van der Waals surface area contributed by atoms with Crippen LogP contribution in [0, 0.1) is 0 Å². The van der Waals surface area contributed by atoms with Gasteiger partial charge in [-0.2, -0.15) is 0 Å². The molecule has 0 spiro atoms. The fraction of sp³-hybridized carbons (Fsp3) is 0.750. The second-order valence-electron chi connectivity index (χ2n) is 3.98. The zero-order chi connectivity index (χ0) is 13.2.